The molecule has 0 aliphatic heterocycles. The molecule has 6 nitrogen and oxygen atoms in total. The highest BCUT2D eigenvalue weighted by atomic mass is 16.6. The normalized spacial score (nSPS) is 11.5. The molecule has 0 radical (unpaired) electrons. The third-order valence-corrected chi connectivity index (χ3v) is 6.95. The van der Waals surface area contributed by atoms with Crippen molar-refractivity contribution in [1.29, 1.82) is 0 Å². The Morgan fingerprint density at radius 3 is 1.65 bits per heavy atom. The summed E-state index contributed by atoms with van der Waals surface area (Å²) in [5.74, 6) is 0.446. The van der Waals surface area contributed by atoms with Gasteiger partial charge in [-0.25, -0.2) is 9.59 Å². The van der Waals surface area contributed by atoms with Gasteiger partial charge in [-0.2, -0.15) is 0 Å². The second-order valence-corrected chi connectivity index (χ2v) is 11.3. The van der Waals surface area contributed by atoms with Gasteiger partial charge in [0.1, 0.15) is 11.5 Å². The summed E-state index contributed by atoms with van der Waals surface area (Å²) in [4.78, 5) is 25.1. The predicted octanol–water partition coefficient (Wildman–Crippen LogP) is 8.30. The standard InChI is InChI=1S/C34H46O6/c1-6-8-10-14-21-37-29(35)23-39-32-25-17-12-13-18-26(25)33(40-24-30(36)38-22-15-11-9-7-2)31-27(32)19-16-20-28(31)34(3,4)5/h12-13,16-20H,6-11,14-15,21-24H2,1-5H3. The van der Waals surface area contributed by atoms with Gasteiger partial charge in [0, 0.05) is 21.5 Å². The first-order valence-corrected chi connectivity index (χ1v) is 14.8. The quantitative estimate of drug-likeness (QED) is 0.101. The van der Waals surface area contributed by atoms with Crippen molar-refractivity contribution < 1.29 is 28.5 Å². The molecule has 0 saturated carbocycles. The maximum Gasteiger partial charge on any atom is 0.344 e. The van der Waals surface area contributed by atoms with Gasteiger partial charge in [-0.15, -0.1) is 0 Å². The van der Waals surface area contributed by atoms with Crippen LogP contribution in [0.5, 0.6) is 11.5 Å². The maximum atomic E-state index is 12.6. The van der Waals surface area contributed by atoms with Gasteiger partial charge in [0.05, 0.1) is 13.2 Å². The van der Waals surface area contributed by atoms with Crippen LogP contribution in [-0.4, -0.2) is 38.4 Å². The second kappa shape index (κ2) is 15.5. The lowest BCUT2D eigenvalue weighted by Gasteiger charge is -2.25. The lowest BCUT2D eigenvalue weighted by Crippen LogP contribution is -2.18. The van der Waals surface area contributed by atoms with Gasteiger partial charge >= 0.3 is 11.9 Å². The van der Waals surface area contributed by atoms with Crippen molar-refractivity contribution in [3.05, 3.63) is 48.0 Å². The molecule has 0 aromatic heterocycles. The Hall–Kier alpha value is -3.28. The van der Waals surface area contributed by atoms with Gasteiger partial charge in [-0.1, -0.05) is 116 Å². The molecule has 0 fully saturated rings. The zero-order valence-electron chi connectivity index (χ0n) is 25.0. The molecule has 40 heavy (non-hydrogen) atoms. The van der Waals surface area contributed by atoms with Crippen LogP contribution < -0.4 is 9.47 Å². The number of carbonyl (C=O) groups is 2. The molecule has 0 spiro atoms. The van der Waals surface area contributed by atoms with Crippen molar-refractivity contribution >= 4 is 33.5 Å². The first-order valence-electron chi connectivity index (χ1n) is 14.8. The fourth-order valence-electron chi connectivity index (χ4n) is 4.85. The van der Waals surface area contributed by atoms with Crippen LogP contribution in [0.2, 0.25) is 0 Å². The Balaban J connectivity index is 1.92. The highest BCUT2D eigenvalue weighted by Crippen LogP contribution is 2.46. The summed E-state index contributed by atoms with van der Waals surface area (Å²) in [6, 6.07) is 13.8. The third kappa shape index (κ3) is 8.61. The number of hydrogen-bond acceptors (Lipinski definition) is 6. The van der Waals surface area contributed by atoms with E-state index in [9.17, 15) is 9.59 Å². The Kier molecular flexibility index (Phi) is 12.1. The van der Waals surface area contributed by atoms with Crippen molar-refractivity contribution in [2.75, 3.05) is 26.4 Å². The van der Waals surface area contributed by atoms with Crippen LogP contribution in [0.3, 0.4) is 0 Å². The van der Waals surface area contributed by atoms with E-state index < -0.39 is 0 Å². The molecule has 3 aromatic rings. The Morgan fingerprint density at radius 2 is 1.12 bits per heavy atom. The van der Waals surface area contributed by atoms with Gasteiger partial charge in [0.15, 0.2) is 13.2 Å². The topological polar surface area (TPSA) is 71.1 Å². The van der Waals surface area contributed by atoms with Crippen molar-refractivity contribution in [2.24, 2.45) is 0 Å². The molecular weight excluding hydrogens is 504 g/mol. The number of benzene rings is 3. The number of hydrogen-bond donors (Lipinski definition) is 0. The Labute approximate surface area is 239 Å². The summed E-state index contributed by atoms with van der Waals surface area (Å²) in [7, 11) is 0. The average molecular weight is 551 g/mol. The molecule has 0 amide bonds. The molecule has 0 aliphatic rings. The van der Waals surface area contributed by atoms with Crippen LogP contribution in [0, 0.1) is 0 Å². The monoisotopic (exact) mass is 550 g/mol. The van der Waals surface area contributed by atoms with Crippen LogP contribution in [0.15, 0.2) is 42.5 Å². The van der Waals surface area contributed by atoms with Crippen LogP contribution in [0.4, 0.5) is 0 Å². The molecular formula is C34H46O6. The summed E-state index contributed by atoms with van der Waals surface area (Å²) < 4.78 is 23.3. The lowest BCUT2D eigenvalue weighted by molar-refractivity contribution is -0.147. The van der Waals surface area contributed by atoms with E-state index in [1.165, 1.54) is 0 Å². The molecule has 0 N–H and O–H groups in total. The Bertz CT molecular complexity index is 1260. The average Bonchev–Trinajstić information content (AvgIpc) is 2.93. The summed E-state index contributed by atoms with van der Waals surface area (Å²) in [6.45, 7) is 11.2. The summed E-state index contributed by atoms with van der Waals surface area (Å²) >= 11 is 0. The SMILES string of the molecule is CCCCCCOC(=O)COc1c2ccccc2c(OCC(=O)OCCCCCC)c2c(C(C)(C)C)cccc12. The number of carbonyl (C=O) groups excluding carboxylic acids is 2. The van der Waals surface area contributed by atoms with Gasteiger partial charge in [-0.3, -0.25) is 0 Å². The minimum absolute atomic E-state index is 0.183. The first kappa shape index (κ1) is 31.3. The molecule has 0 saturated heterocycles. The van der Waals surface area contributed by atoms with Gasteiger partial charge in [0.25, 0.3) is 0 Å². The van der Waals surface area contributed by atoms with E-state index in [1.54, 1.807) is 0 Å². The molecule has 0 unspecified atom stereocenters. The predicted molar refractivity (Wildman–Crippen MR) is 161 cm³/mol. The highest BCUT2D eigenvalue weighted by Gasteiger charge is 2.25. The van der Waals surface area contributed by atoms with Crippen LogP contribution in [-0.2, 0) is 24.5 Å². The highest BCUT2D eigenvalue weighted by molar-refractivity contribution is 6.12. The summed E-state index contributed by atoms with van der Waals surface area (Å²) in [5.41, 5.74) is 0.844. The molecule has 6 heteroatoms. The Morgan fingerprint density at radius 1 is 0.625 bits per heavy atom. The fraction of sp³-hybridized carbons (Fsp3) is 0.529. The molecule has 0 heterocycles. The van der Waals surface area contributed by atoms with E-state index in [2.05, 4.69) is 40.7 Å². The van der Waals surface area contributed by atoms with E-state index in [0.717, 1.165) is 78.5 Å². The zero-order valence-corrected chi connectivity index (χ0v) is 25.0. The molecule has 3 rings (SSSR count). The van der Waals surface area contributed by atoms with E-state index in [1.807, 2.05) is 36.4 Å². The van der Waals surface area contributed by atoms with Crippen molar-refractivity contribution in [3.8, 4) is 11.5 Å². The van der Waals surface area contributed by atoms with Crippen molar-refractivity contribution in [1.82, 2.24) is 0 Å². The number of esters is 2. The number of ether oxygens (including phenoxy) is 4. The largest absolute Gasteiger partial charge is 0.481 e. The maximum absolute atomic E-state index is 12.6. The molecule has 3 aromatic carbocycles. The van der Waals surface area contributed by atoms with Gasteiger partial charge < -0.3 is 18.9 Å². The number of unbranched alkanes of at least 4 members (excludes halogenated alkanes) is 6. The fourth-order valence-corrected chi connectivity index (χ4v) is 4.85. The van der Waals surface area contributed by atoms with Crippen molar-refractivity contribution in [3.63, 3.8) is 0 Å². The van der Waals surface area contributed by atoms with Gasteiger partial charge in [0.2, 0.25) is 0 Å². The lowest BCUT2D eigenvalue weighted by atomic mass is 9.82. The van der Waals surface area contributed by atoms with E-state index in [0.29, 0.717) is 24.7 Å². The van der Waals surface area contributed by atoms with Crippen LogP contribution in [0.1, 0.15) is 91.5 Å². The van der Waals surface area contributed by atoms with Crippen LogP contribution in [0.25, 0.3) is 21.5 Å². The molecule has 0 aliphatic carbocycles. The summed E-state index contributed by atoms with van der Waals surface area (Å²) in [6.07, 6.45) is 8.33. The van der Waals surface area contributed by atoms with Crippen LogP contribution >= 0.6 is 0 Å². The minimum Gasteiger partial charge on any atom is -0.481 e. The summed E-state index contributed by atoms with van der Waals surface area (Å²) in [5, 5.41) is 3.31. The second-order valence-electron chi connectivity index (χ2n) is 11.3. The third-order valence-electron chi connectivity index (χ3n) is 6.95. The first-order chi connectivity index (χ1) is 19.3. The van der Waals surface area contributed by atoms with Crippen molar-refractivity contribution in [2.45, 2.75) is 91.4 Å². The number of rotatable bonds is 16. The van der Waals surface area contributed by atoms with E-state index in [-0.39, 0.29) is 30.6 Å². The smallest absolute Gasteiger partial charge is 0.344 e. The molecule has 0 bridgehead atoms. The number of fused-ring (bicyclic) bond motifs is 2. The minimum atomic E-state index is -0.386. The molecule has 0 atom stereocenters. The zero-order chi connectivity index (χ0) is 29.0. The van der Waals surface area contributed by atoms with Gasteiger partial charge in [-0.05, 0) is 23.8 Å². The molecule has 218 valence electrons. The van der Waals surface area contributed by atoms with E-state index in [4.69, 9.17) is 18.9 Å². The van der Waals surface area contributed by atoms with E-state index >= 15 is 0 Å².